The Balaban J connectivity index is 2.23. The molecule has 0 radical (unpaired) electrons. The van der Waals surface area contributed by atoms with Crippen molar-refractivity contribution < 1.29 is 22.3 Å². The van der Waals surface area contributed by atoms with Gasteiger partial charge >= 0.3 is 5.69 Å². The van der Waals surface area contributed by atoms with Crippen molar-refractivity contribution in [3.05, 3.63) is 33.1 Å². The number of methoxy groups -OCH3 is 2. The highest BCUT2D eigenvalue weighted by molar-refractivity contribution is 7.89. The molecule has 1 aliphatic rings. The summed E-state index contributed by atoms with van der Waals surface area (Å²) < 4.78 is 50.8. The molecule has 9 nitrogen and oxygen atoms in total. The Labute approximate surface area is 138 Å². The van der Waals surface area contributed by atoms with Crippen LogP contribution in [0.2, 0.25) is 0 Å². The molecule has 2 heterocycles. The smallest absolute Gasteiger partial charge is 0.330 e. The van der Waals surface area contributed by atoms with Crippen LogP contribution in [0.5, 0.6) is 0 Å². The van der Waals surface area contributed by atoms with E-state index in [-0.39, 0.29) is 12.3 Å². The fourth-order valence-electron chi connectivity index (χ4n) is 2.63. The summed E-state index contributed by atoms with van der Waals surface area (Å²) >= 11 is 0. The van der Waals surface area contributed by atoms with Gasteiger partial charge in [-0.15, -0.1) is 0 Å². The Morgan fingerprint density at radius 1 is 1.33 bits per heavy atom. The number of sulfonamides is 1. The van der Waals surface area contributed by atoms with Crippen LogP contribution >= 0.6 is 0 Å². The third-order valence-electron chi connectivity index (χ3n) is 3.92. The SMILES string of the molecule is CO[C@@H]([C@@H](F)n1ccc(=O)[nH]c1=O)[C@@H](CN1CCCS1(=O)=O)OC. The molecule has 0 saturated carbocycles. The Kier molecular flexibility index (Phi) is 5.91. The molecule has 1 aromatic heterocycles. The standard InChI is InChI=1S/C13H20FN3O6S/c1-22-9(8-16-5-3-7-24(16,20)21)11(23-2)12(14)17-6-4-10(18)15-13(17)19/h4,6,9,11-12H,3,5,7-8H2,1-2H3,(H,15,18,19)/t9-,11-,12+/m1/s1. The molecule has 2 rings (SSSR count). The zero-order chi connectivity index (χ0) is 17.9. The third kappa shape index (κ3) is 3.91. The number of aromatic nitrogens is 2. The molecule has 0 bridgehead atoms. The molecule has 0 amide bonds. The second-order valence-electron chi connectivity index (χ2n) is 5.39. The second kappa shape index (κ2) is 7.55. The Hall–Kier alpha value is -1.56. The monoisotopic (exact) mass is 365 g/mol. The van der Waals surface area contributed by atoms with Crippen molar-refractivity contribution in [1.82, 2.24) is 13.9 Å². The van der Waals surface area contributed by atoms with Crippen molar-refractivity contribution in [2.24, 2.45) is 0 Å². The van der Waals surface area contributed by atoms with Gasteiger partial charge in [-0.2, -0.15) is 4.31 Å². The number of nitrogens with one attached hydrogen (secondary N) is 1. The molecule has 11 heteroatoms. The van der Waals surface area contributed by atoms with Crippen molar-refractivity contribution in [3.8, 4) is 0 Å². The van der Waals surface area contributed by atoms with Crippen LogP contribution in [-0.4, -0.2) is 67.5 Å². The van der Waals surface area contributed by atoms with Crippen molar-refractivity contribution in [2.75, 3.05) is 33.1 Å². The van der Waals surface area contributed by atoms with Crippen molar-refractivity contribution >= 4 is 10.0 Å². The van der Waals surface area contributed by atoms with Crippen LogP contribution in [0.3, 0.4) is 0 Å². The quantitative estimate of drug-likeness (QED) is 0.668. The molecule has 0 aromatic carbocycles. The van der Waals surface area contributed by atoms with Crippen molar-refractivity contribution in [3.63, 3.8) is 0 Å². The van der Waals surface area contributed by atoms with Gasteiger partial charge in [0.05, 0.1) is 5.75 Å². The normalized spacial score (nSPS) is 21.5. The highest BCUT2D eigenvalue weighted by atomic mass is 32.2. The summed E-state index contributed by atoms with van der Waals surface area (Å²) in [5.41, 5.74) is -1.58. The molecule has 1 N–H and O–H groups in total. The van der Waals surface area contributed by atoms with Gasteiger partial charge in [0.2, 0.25) is 16.3 Å². The van der Waals surface area contributed by atoms with E-state index < -0.39 is 39.8 Å². The molecule has 24 heavy (non-hydrogen) atoms. The summed E-state index contributed by atoms with van der Waals surface area (Å²) in [6.45, 7) is 0.240. The molecule has 0 unspecified atom stereocenters. The summed E-state index contributed by atoms with van der Waals surface area (Å²) in [5.74, 6) is 0.0412. The van der Waals surface area contributed by atoms with Gasteiger partial charge in [-0.25, -0.2) is 17.6 Å². The van der Waals surface area contributed by atoms with Gasteiger partial charge < -0.3 is 9.47 Å². The van der Waals surface area contributed by atoms with Gasteiger partial charge in [0, 0.05) is 39.6 Å². The van der Waals surface area contributed by atoms with E-state index in [0.29, 0.717) is 17.5 Å². The summed E-state index contributed by atoms with van der Waals surface area (Å²) in [5, 5.41) is 0. The maximum absolute atomic E-state index is 14.8. The lowest BCUT2D eigenvalue weighted by atomic mass is 10.1. The van der Waals surface area contributed by atoms with Crippen LogP contribution in [-0.2, 0) is 19.5 Å². The van der Waals surface area contributed by atoms with Crippen LogP contribution in [0.15, 0.2) is 21.9 Å². The van der Waals surface area contributed by atoms with Gasteiger partial charge in [0.1, 0.15) is 12.2 Å². The topological polar surface area (TPSA) is 111 Å². The molecular weight excluding hydrogens is 345 g/mol. The first-order valence-corrected chi connectivity index (χ1v) is 8.90. The predicted molar refractivity (Wildman–Crippen MR) is 83.0 cm³/mol. The number of nitrogens with zero attached hydrogens (tertiary/aromatic N) is 2. The first-order valence-electron chi connectivity index (χ1n) is 7.29. The Morgan fingerprint density at radius 3 is 2.54 bits per heavy atom. The van der Waals surface area contributed by atoms with Crippen molar-refractivity contribution in [2.45, 2.75) is 24.9 Å². The number of hydrogen-bond acceptors (Lipinski definition) is 6. The third-order valence-corrected chi connectivity index (χ3v) is 5.84. The molecule has 3 atom stereocenters. The number of aromatic amines is 1. The zero-order valence-corrected chi connectivity index (χ0v) is 14.2. The van der Waals surface area contributed by atoms with Gasteiger partial charge in [0.15, 0.2) is 0 Å². The largest absolute Gasteiger partial charge is 0.377 e. The second-order valence-corrected chi connectivity index (χ2v) is 7.48. The maximum Gasteiger partial charge on any atom is 0.330 e. The van der Waals surface area contributed by atoms with Crippen LogP contribution in [0.25, 0.3) is 0 Å². The summed E-state index contributed by atoms with van der Waals surface area (Å²) in [6.07, 6.45) is -2.63. The van der Waals surface area contributed by atoms with E-state index in [1.165, 1.54) is 18.5 Å². The first-order chi connectivity index (χ1) is 11.3. The molecular formula is C13H20FN3O6S. The molecule has 136 valence electrons. The van der Waals surface area contributed by atoms with E-state index in [4.69, 9.17) is 9.47 Å². The zero-order valence-electron chi connectivity index (χ0n) is 13.3. The van der Waals surface area contributed by atoms with E-state index in [9.17, 15) is 22.4 Å². The minimum atomic E-state index is -3.38. The number of H-pyrrole nitrogens is 1. The highest BCUT2D eigenvalue weighted by Crippen LogP contribution is 2.22. The van der Waals surface area contributed by atoms with E-state index in [2.05, 4.69) is 0 Å². The Bertz CT molecular complexity index is 776. The molecule has 1 saturated heterocycles. The molecule has 1 aromatic rings. The minimum absolute atomic E-state index is 0.0412. The van der Waals surface area contributed by atoms with Gasteiger partial charge in [-0.3, -0.25) is 14.3 Å². The van der Waals surface area contributed by atoms with E-state index >= 15 is 0 Å². The molecule has 1 fully saturated rings. The van der Waals surface area contributed by atoms with Gasteiger partial charge in [0.25, 0.3) is 5.56 Å². The number of rotatable bonds is 7. The number of halogens is 1. The molecule has 0 spiro atoms. The van der Waals surface area contributed by atoms with E-state index in [1.54, 1.807) is 0 Å². The lowest BCUT2D eigenvalue weighted by Crippen LogP contribution is -2.46. The lowest BCUT2D eigenvalue weighted by molar-refractivity contribution is -0.0971. The summed E-state index contributed by atoms with van der Waals surface area (Å²) in [4.78, 5) is 24.8. The maximum atomic E-state index is 14.8. The van der Waals surface area contributed by atoms with Crippen molar-refractivity contribution in [1.29, 1.82) is 0 Å². The van der Waals surface area contributed by atoms with Crippen LogP contribution in [0.4, 0.5) is 4.39 Å². The number of ether oxygens (including phenoxy) is 2. The Morgan fingerprint density at radius 2 is 2.04 bits per heavy atom. The summed E-state index contributed by atoms with van der Waals surface area (Å²) in [6, 6.07) is 1.01. The molecule has 0 aliphatic carbocycles. The van der Waals surface area contributed by atoms with Crippen LogP contribution in [0, 0.1) is 0 Å². The van der Waals surface area contributed by atoms with Crippen LogP contribution < -0.4 is 11.2 Å². The van der Waals surface area contributed by atoms with Gasteiger partial charge in [-0.1, -0.05) is 0 Å². The molecule has 1 aliphatic heterocycles. The fraction of sp³-hybridized carbons (Fsp3) is 0.692. The summed E-state index contributed by atoms with van der Waals surface area (Å²) in [7, 11) is -0.837. The fourth-order valence-corrected chi connectivity index (χ4v) is 4.16. The lowest BCUT2D eigenvalue weighted by Gasteiger charge is -2.30. The average Bonchev–Trinajstić information content (AvgIpc) is 2.85. The van der Waals surface area contributed by atoms with Crippen LogP contribution in [0.1, 0.15) is 12.7 Å². The number of alkyl halides is 1. The number of hydrogen-bond donors (Lipinski definition) is 1. The highest BCUT2D eigenvalue weighted by Gasteiger charge is 2.37. The van der Waals surface area contributed by atoms with E-state index in [1.807, 2.05) is 4.98 Å². The van der Waals surface area contributed by atoms with E-state index in [0.717, 1.165) is 12.3 Å². The first kappa shape index (κ1) is 18.8. The average molecular weight is 365 g/mol. The van der Waals surface area contributed by atoms with Gasteiger partial charge in [-0.05, 0) is 6.42 Å². The minimum Gasteiger partial charge on any atom is -0.377 e. The predicted octanol–water partition coefficient (Wildman–Crippen LogP) is -0.930.